The molecule has 2 aliphatic rings. The summed E-state index contributed by atoms with van der Waals surface area (Å²) >= 11 is 0. The van der Waals surface area contributed by atoms with Gasteiger partial charge in [-0.15, -0.1) is 0 Å². The van der Waals surface area contributed by atoms with Crippen LogP contribution in [-0.4, -0.2) is 17.5 Å². The van der Waals surface area contributed by atoms with Crippen molar-refractivity contribution in [1.29, 1.82) is 0 Å². The Morgan fingerprint density at radius 1 is 1.40 bits per heavy atom. The summed E-state index contributed by atoms with van der Waals surface area (Å²) in [5, 5.41) is 0. The molecule has 1 saturated heterocycles. The van der Waals surface area contributed by atoms with Gasteiger partial charge < -0.3 is 4.90 Å². The molecule has 0 radical (unpaired) electrons. The van der Waals surface area contributed by atoms with Crippen molar-refractivity contribution in [2.24, 2.45) is 0 Å². The molecule has 0 aromatic carbocycles. The number of hydrogen-bond acceptors (Lipinski definition) is 1. The molecule has 0 N–H and O–H groups in total. The third kappa shape index (κ3) is 0.695. The summed E-state index contributed by atoms with van der Waals surface area (Å²) in [4.78, 5) is 2.58. The molecule has 0 saturated carbocycles. The van der Waals surface area contributed by atoms with Crippen LogP contribution in [0.3, 0.4) is 0 Å². The monoisotopic (exact) mass is 137 g/mol. The number of nitrogens with zero attached hydrogens (tertiary/aromatic N) is 1. The molecule has 2 rings (SSSR count). The fourth-order valence-electron chi connectivity index (χ4n) is 2.24. The summed E-state index contributed by atoms with van der Waals surface area (Å²) in [7, 11) is 0. The van der Waals surface area contributed by atoms with Gasteiger partial charge in [0.25, 0.3) is 0 Å². The van der Waals surface area contributed by atoms with Gasteiger partial charge in [-0.1, -0.05) is 5.57 Å². The topological polar surface area (TPSA) is 3.24 Å². The highest BCUT2D eigenvalue weighted by Gasteiger charge is 2.30. The average molecular weight is 137 g/mol. The van der Waals surface area contributed by atoms with Crippen molar-refractivity contribution in [3.8, 4) is 0 Å². The van der Waals surface area contributed by atoms with E-state index in [0.29, 0.717) is 0 Å². The summed E-state index contributed by atoms with van der Waals surface area (Å²) in [6.45, 7) is 5.85. The highest BCUT2D eigenvalue weighted by atomic mass is 15.2. The number of hydrogen-bond donors (Lipinski definition) is 0. The summed E-state index contributed by atoms with van der Waals surface area (Å²) in [5.41, 5.74) is 3.17. The van der Waals surface area contributed by atoms with E-state index in [1.54, 1.807) is 11.3 Å². The molecule has 1 atom stereocenters. The molecule has 1 fully saturated rings. The third-order valence-electron chi connectivity index (χ3n) is 2.97. The highest BCUT2D eigenvalue weighted by Crippen LogP contribution is 2.34. The Kier molecular flexibility index (Phi) is 1.26. The van der Waals surface area contributed by atoms with Gasteiger partial charge in [-0.25, -0.2) is 0 Å². The fraction of sp³-hybridized carbons (Fsp3) is 0.778. The molecule has 0 aromatic heterocycles. The first-order valence-corrected chi connectivity index (χ1v) is 4.22. The van der Waals surface area contributed by atoms with E-state index in [1.165, 1.54) is 25.8 Å². The van der Waals surface area contributed by atoms with Crippen molar-refractivity contribution in [2.45, 2.75) is 39.2 Å². The zero-order valence-electron chi connectivity index (χ0n) is 6.85. The standard InChI is InChI=1S/C9H15N/c1-7-6-9-4-3-5-10(9)8(7)2/h9H,3-6H2,1-2H3. The zero-order valence-corrected chi connectivity index (χ0v) is 6.85. The van der Waals surface area contributed by atoms with E-state index >= 15 is 0 Å². The lowest BCUT2D eigenvalue weighted by Gasteiger charge is -2.19. The van der Waals surface area contributed by atoms with Crippen LogP contribution in [0, 0.1) is 0 Å². The van der Waals surface area contributed by atoms with Crippen LogP contribution >= 0.6 is 0 Å². The summed E-state index contributed by atoms with van der Waals surface area (Å²) in [5.74, 6) is 0. The van der Waals surface area contributed by atoms with Gasteiger partial charge in [0, 0.05) is 18.3 Å². The normalized spacial score (nSPS) is 31.8. The van der Waals surface area contributed by atoms with Crippen LogP contribution in [0.2, 0.25) is 0 Å². The molecule has 0 aromatic rings. The Morgan fingerprint density at radius 2 is 2.20 bits per heavy atom. The molecule has 1 nitrogen and oxygen atoms in total. The first kappa shape index (κ1) is 6.26. The summed E-state index contributed by atoms with van der Waals surface area (Å²) < 4.78 is 0. The molecular weight excluding hydrogens is 122 g/mol. The Labute approximate surface area is 62.7 Å². The summed E-state index contributed by atoms with van der Waals surface area (Å²) in [6.07, 6.45) is 4.18. The molecule has 2 aliphatic heterocycles. The minimum atomic E-state index is 0.889. The molecule has 2 heterocycles. The number of allylic oxidation sites excluding steroid dienone is 1. The largest absolute Gasteiger partial charge is 0.372 e. The Hall–Kier alpha value is -0.460. The van der Waals surface area contributed by atoms with Crippen LogP contribution in [-0.2, 0) is 0 Å². The second kappa shape index (κ2) is 2.01. The SMILES string of the molecule is CC1=C(C)N2CCCC2C1. The molecule has 0 aliphatic carbocycles. The Balaban J connectivity index is 2.22. The van der Waals surface area contributed by atoms with Crippen molar-refractivity contribution in [2.75, 3.05) is 6.54 Å². The average Bonchev–Trinajstić information content (AvgIpc) is 2.41. The van der Waals surface area contributed by atoms with Gasteiger partial charge in [-0.2, -0.15) is 0 Å². The van der Waals surface area contributed by atoms with Gasteiger partial charge in [0.05, 0.1) is 0 Å². The predicted octanol–water partition coefficient (Wildman–Crippen LogP) is 2.15. The lowest BCUT2D eigenvalue weighted by atomic mass is 10.1. The molecule has 0 amide bonds. The van der Waals surface area contributed by atoms with Gasteiger partial charge in [0.2, 0.25) is 0 Å². The smallest absolute Gasteiger partial charge is 0.0325 e. The Morgan fingerprint density at radius 3 is 2.90 bits per heavy atom. The van der Waals surface area contributed by atoms with Crippen molar-refractivity contribution in [3.63, 3.8) is 0 Å². The molecule has 10 heavy (non-hydrogen) atoms. The van der Waals surface area contributed by atoms with E-state index in [-0.39, 0.29) is 0 Å². The van der Waals surface area contributed by atoms with Crippen LogP contribution in [0.4, 0.5) is 0 Å². The first-order valence-electron chi connectivity index (χ1n) is 4.22. The van der Waals surface area contributed by atoms with Crippen molar-refractivity contribution < 1.29 is 0 Å². The molecule has 0 bridgehead atoms. The quantitative estimate of drug-likeness (QED) is 0.494. The van der Waals surface area contributed by atoms with E-state index in [4.69, 9.17) is 0 Å². The fourth-order valence-corrected chi connectivity index (χ4v) is 2.24. The van der Waals surface area contributed by atoms with Crippen LogP contribution in [0.15, 0.2) is 11.3 Å². The van der Waals surface area contributed by atoms with Crippen LogP contribution < -0.4 is 0 Å². The van der Waals surface area contributed by atoms with Gasteiger partial charge in [-0.05, 0) is 33.1 Å². The van der Waals surface area contributed by atoms with Crippen LogP contribution in [0.1, 0.15) is 33.1 Å². The van der Waals surface area contributed by atoms with Crippen molar-refractivity contribution in [3.05, 3.63) is 11.3 Å². The van der Waals surface area contributed by atoms with Crippen molar-refractivity contribution >= 4 is 0 Å². The van der Waals surface area contributed by atoms with Crippen LogP contribution in [0.5, 0.6) is 0 Å². The van der Waals surface area contributed by atoms with E-state index in [2.05, 4.69) is 18.7 Å². The lowest BCUT2D eigenvalue weighted by molar-refractivity contribution is 0.353. The van der Waals surface area contributed by atoms with Crippen LogP contribution in [0.25, 0.3) is 0 Å². The Bertz CT molecular complexity index is 181. The second-order valence-corrected chi connectivity index (χ2v) is 3.56. The molecule has 56 valence electrons. The van der Waals surface area contributed by atoms with Gasteiger partial charge in [0.15, 0.2) is 0 Å². The van der Waals surface area contributed by atoms with Gasteiger partial charge in [0.1, 0.15) is 0 Å². The maximum Gasteiger partial charge on any atom is 0.0325 e. The third-order valence-corrected chi connectivity index (χ3v) is 2.97. The highest BCUT2D eigenvalue weighted by molar-refractivity contribution is 5.19. The predicted molar refractivity (Wildman–Crippen MR) is 42.7 cm³/mol. The van der Waals surface area contributed by atoms with Crippen molar-refractivity contribution in [1.82, 2.24) is 4.90 Å². The number of fused-ring (bicyclic) bond motifs is 1. The second-order valence-electron chi connectivity index (χ2n) is 3.56. The van der Waals surface area contributed by atoms with Gasteiger partial charge >= 0.3 is 0 Å². The molecular formula is C9H15N. The molecule has 1 heteroatoms. The maximum atomic E-state index is 2.58. The van der Waals surface area contributed by atoms with E-state index in [9.17, 15) is 0 Å². The maximum absolute atomic E-state index is 2.58. The van der Waals surface area contributed by atoms with E-state index < -0.39 is 0 Å². The number of rotatable bonds is 0. The molecule has 0 spiro atoms. The minimum absolute atomic E-state index is 0.889. The lowest BCUT2D eigenvalue weighted by Crippen LogP contribution is -2.21. The first-order chi connectivity index (χ1) is 4.79. The van der Waals surface area contributed by atoms with E-state index in [1.807, 2.05) is 0 Å². The zero-order chi connectivity index (χ0) is 7.14. The minimum Gasteiger partial charge on any atom is -0.372 e. The van der Waals surface area contributed by atoms with E-state index in [0.717, 1.165) is 6.04 Å². The van der Waals surface area contributed by atoms with Gasteiger partial charge in [-0.3, -0.25) is 0 Å². The summed E-state index contributed by atoms with van der Waals surface area (Å²) in [6, 6.07) is 0.889. The molecule has 1 unspecified atom stereocenters.